The zero-order chi connectivity index (χ0) is 13.7. The van der Waals surface area contributed by atoms with Crippen molar-refractivity contribution in [3.05, 3.63) is 29.8 Å². The first-order valence-corrected chi connectivity index (χ1v) is 6.55. The Morgan fingerprint density at radius 3 is 2.47 bits per heavy atom. The molecule has 2 aromatic rings. The van der Waals surface area contributed by atoms with E-state index in [9.17, 15) is 0 Å². The van der Waals surface area contributed by atoms with E-state index in [2.05, 4.69) is 32.6 Å². The van der Waals surface area contributed by atoms with Gasteiger partial charge in [-0.2, -0.15) is 5.10 Å². The Morgan fingerprint density at radius 1 is 1.16 bits per heavy atom. The molecule has 0 saturated carbocycles. The van der Waals surface area contributed by atoms with Crippen LogP contribution < -0.4 is 10.6 Å². The van der Waals surface area contributed by atoms with Crippen molar-refractivity contribution in [1.29, 1.82) is 0 Å². The van der Waals surface area contributed by atoms with Crippen LogP contribution in [0.5, 0.6) is 0 Å². The van der Waals surface area contributed by atoms with Gasteiger partial charge in [-0.15, -0.1) is 0 Å². The monoisotopic (exact) mass is 260 g/mol. The molecule has 0 aliphatic carbocycles. The van der Waals surface area contributed by atoms with E-state index >= 15 is 0 Å². The fraction of sp³-hybridized carbons (Fsp3) is 0.462. The summed E-state index contributed by atoms with van der Waals surface area (Å²) in [6, 6.07) is 3.91. The highest BCUT2D eigenvalue weighted by atomic mass is 15.3. The highest BCUT2D eigenvalue weighted by molar-refractivity contribution is 5.47. The van der Waals surface area contributed by atoms with Gasteiger partial charge in [0.2, 0.25) is 0 Å². The number of aryl methyl sites for hydroxylation is 2. The molecule has 2 aromatic heterocycles. The predicted molar refractivity (Wildman–Crippen MR) is 76.1 cm³/mol. The van der Waals surface area contributed by atoms with Crippen molar-refractivity contribution in [1.82, 2.24) is 19.7 Å². The number of nitrogens with zero attached hydrogens (tertiary/aromatic N) is 4. The zero-order valence-corrected chi connectivity index (χ0v) is 11.6. The number of rotatable bonds is 6. The largest absolute Gasteiger partial charge is 0.370 e. The summed E-state index contributed by atoms with van der Waals surface area (Å²) in [5.74, 6) is 2.52. The van der Waals surface area contributed by atoms with Crippen LogP contribution in [0.3, 0.4) is 0 Å². The van der Waals surface area contributed by atoms with Crippen molar-refractivity contribution < 1.29 is 0 Å². The Bertz CT molecular complexity index is 534. The average Bonchev–Trinajstić information content (AvgIpc) is 2.82. The second-order valence-electron chi connectivity index (χ2n) is 4.27. The third-order valence-corrected chi connectivity index (χ3v) is 2.67. The van der Waals surface area contributed by atoms with Crippen molar-refractivity contribution in [3.8, 4) is 0 Å². The lowest BCUT2D eigenvalue weighted by Gasteiger charge is -2.09. The minimum Gasteiger partial charge on any atom is -0.370 e. The van der Waals surface area contributed by atoms with Crippen LogP contribution in [0.2, 0.25) is 0 Å². The summed E-state index contributed by atoms with van der Waals surface area (Å²) in [6.07, 6.45) is 2.75. The van der Waals surface area contributed by atoms with Crippen LogP contribution in [-0.4, -0.2) is 26.3 Å². The van der Waals surface area contributed by atoms with E-state index < -0.39 is 0 Å². The maximum absolute atomic E-state index is 4.46. The summed E-state index contributed by atoms with van der Waals surface area (Å²) < 4.78 is 1.79. The molecule has 2 N–H and O–H groups in total. The minimum absolute atomic E-state index is 0.659. The smallest absolute Gasteiger partial charge is 0.132 e. The lowest BCUT2D eigenvalue weighted by molar-refractivity contribution is 0.746. The Balaban J connectivity index is 2.08. The molecule has 6 nitrogen and oxygen atoms in total. The first-order chi connectivity index (χ1) is 9.21. The number of aromatic nitrogens is 4. The second kappa shape index (κ2) is 6.17. The molecule has 19 heavy (non-hydrogen) atoms. The topological polar surface area (TPSA) is 67.7 Å². The quantitative estimate of drug-likeness (QED) is 0.829. The molecule has 2 heterocycles. The summed E-state index contributed by atoms with van der Waals surface area (Å²) in [5.41, 5.74) is 0.990. The zero-order valence-electron chi connectivity index (χ0n) is 11.6. The Kier molecular flexibility index (Phi) is 4.33. The molecule has 6 heteroatoms. The van der Waals surface area contributed by atoms with E-state index in [1.807, 2.05) is 32.3 Å². The van der Waals surface area contributed by atoms with Crippen LogP contribution in [-0.2, 0) is 20.0 Å². The molecule has 0 fully saturated rings. The minimum atomic E-state index is 0.659. The molecule has 0 unspecified atom stereocenters. The number of nitrogens with one attached hydrogen (secondary N) is 2. The maximum atomic E-state index is 4.46. The molecular formula is C13H20N6. The van der Waals surface area contributed by atoms with Gasteiger partial charge in [-0.05, 0) is 13.0 Å². The fourth-order valence-corrected chi connectivity index (χ4v) is 1.76. The average molecular weight is 260 g/mol. The number of hydrogen-bond donors (Lipinski definition) is 2. The number of hydrogen-bond acceptors (Lipinski definition) is 5. The molecule has 0 saturated heterocycles. The maximum Gasteiger partial charge on any atom is 0.132 e. The van der Waals surface area contributed by atoms with Gasteiger partial charge in [0.15, 0.2) is 0 Å². The number of anilines is 2. The molecule has 0 bridgehead atoms. The van der Waals surface area contributed by atoms with Gasteiger partial charge in [0.05, 0.1) is 12.2 Å². The van der Waals surface area contributed by atoms with E-state index in [0.29, 0.717) is 6.54 Å². The first-order valence-electron chi connectivity index (χ1n) is 6.55. The molecule has 0 amide bonds. The van der Waals surface area contributed by atoms with Gasteiger partial charge in [0, 0.05) is 32.3 Å². The molecule has 102 valence electrons. The molecule has 0 atom stereocenters. The van der Waals surface area contributed by atoms with Crippen molar-refractivity contribution >= 4 is 11.6 Å². The lowest BCUT2D eigenvalue weighted by atomic mass is 10.4. The van der Waals surface area contributed by atoms with Gasteiger partial charge in [0.25, 0.3) is 0 Å². The van der Waals surface area contributed by atoms with E-state index in [1.54, 1.807) is 4.68 Å². The van der Waals surface area contributed by atoms with Crippen molar-refractivity contribution in [2.75, 3.05) is 17.2 Å². The highest BCUT2D eigenvalue weighted by Crippen LogP contribution is 2.12. The highest BCUT2D eigenvalue weighted by Gasteiger charge is 2.03. The second-order valence-corrected chi connectivity index (χ2v) is 4.27. The van der Waals surface area contributed by atoms with E-state index in [4.69, 9.17) is 0 Å². The van der Waals surface area contributed by atoms with Crippen LogP contribution in [0.15, 0.2) is 18.3 Å². The van der Waals surface area contributed by atoms with Crippen molar-refractivity contribution in [3.63, 3.8) is 0 Å². The van der Waals surface area contributed by atoms with Gasteiger partial charge in [-0.1, -0.05) is 6.92 Å². The molecule has 2 rings (SSSR count). The van der Waals surface area contributed by atoms with Gasteiger partial charge >= 0.3 is 0 Å². The van der Waals surface area contributed by atoms with E-state index in [-0.39, 0.29) is 0 Å². The van der Waals surface area contributed by atoms with Crippen LogP contribution in [0.25, 0.3) is 0 Å². The van der Waals surface area contributed by atoms with E-state index in [0.717, 1.165) is 36.1 Å². The summed E-state index contributed by atoms with van der Waals surface area (Å²) >= 11 is 0. The third kappa shape index (κ3) is 3.67. The van der Waals surface area contributed by atoms with Crippen molar-refractivity contribution in [2.24, 2.45) is 7.05 Å². The lowest BCUT2D eigenvalue weighted by Crippen LogP contribution is -2.08. The standard InChI is InChI=1S/C13H20N6/c1-4-11-16-12(14-5-2)8-13(17-11)15-9-10-6-7-19(3)18-10/h6-8H,4-5,9H2,1-3H3,(H2,14,15,16,17). The summed E-state index contributed by atoms with van der Waals surface area (Å²) in [4.78, 5) is 8.88. The van der Waals surface area contributed by atoms with Gasteiger partial charge in [-0.25, -0.2) is 9.97 Å². The first kappa shape index (κ1) is 13.3. The van der Waals surface area contributed by atoms with Gasteiger partial charge < -0.3 is 10.6 Å². The molecule has 0 spiro atoms. The van der Waals surface area contributed by atoms with Crippen LogP contribution in [0.1, 0.15) is 25.4 Å². The molecule has 0 aromatic carbocycles. The molecule has 0 aliphatic rings. The SMILES string of the molecule is CCNc1cc(NCc2ccn(C)n2)nc(CC)n1. The van der Waals surface area contributed by atoms with E-state index in [1.165, 1.54) is 0 Å². The Labute approximate surface area is 113 Å². The summed E-state index contributed by atoms with van der Waals surface area (Å²) in [6.45, 7) is 5.61. The molecule has 0 aliphatic heterocycles. The van der Waals surface area contributed by atoms with Gasteiger partial charge in [0.1, 0.15) is 17.5 Å². The Morgan fingerprint density at radius 2 is 1.89 bits per heavy atom. The van der Waals surface area contributed by atoms with Crippen LogP contribution in [0.4, 0.5) is 11.6 Å². The summed E-state index contributed by atoms with van der Waals surface area (Å²) in [5, 5.41) is 10.8. The van der Waals surface area contributed by atoms with Crippen LogP contribution >= 0.6 is 0 Å². The molecule has 0 radical (unpaired) electrons. The predicted octanol–water partition coefficient (Wildman–Crippen LogP) is 1.82. The van der Waals surface area contributed by atoms with Crippen molar-refractivity contribution in [2.45, 2.75) is 26.8 Å². The fourth-order valence-electron chi connectivity index (χ4n) is 1.76. The Hall–Kier alpha value is -2.11. The summed E-state index contributed by atoms with van der Waals surface area (Å²) in [7, 11) is 1.91. The molecular weight excluding hydrogens is 240 g/mol. The van der Waals surface area contributed by atoms with Crippen LogP contribution in [0, 0.1) is 0 Å². The van der Waals surface area contributed by atoms with Gasteiger partial charge in [-0.3, -0.25) is 4.68 Å². The third-order valence-electron chi connectivity index (χ3n) is 2.67. The normalized spacial score (nSPS) is 10.5.